The lowest BCUT2D eigenvalue weighted by atomic mass is 10.1. The second-order valence-electron chi connectivity index (χ2n) is 5.89. The summed E-state index contributed by atoms with van der Waals surface area (Å²) < 4.78 is 17.5. The smallest absolute Gasteiger partial charge is 0.345 e. The zero-order valence-corrected chi connectivity index (χ0v) is 13.8. The van der Waals surface area contributed by atoms with E-state index in [0.29, 0.717) is 6.42 Å². The highest BCUT2D eigenvalue weighted by Gasteiger charge is 2.37. The first-order valence-electron chi connectivity index (χ1n) is 7.79. The molecule has 0 radical (unpaired) electrons. The minimum absolute atomic E-state index is 0.475. The zero-order chi connectivity index (χ0) is 15.6. The van der Waals surface area contributed by atoms with E-state index in [1.807, 2.05) is 30.5 Å². The first kappa shape index (κ1) is 15.8. The molecule has 1 aromatic heterocycles. The third kappa shape index (κ3) is 3.13. The van der Waals surface area contributed by atoms with Crippen LogP contribution in [0.15, 0.2) is 30.5 Å². The molecule has 2 N–H and O–H groups in total. The molecule has 2 aromatic rings. The summed E-state index contributed by atoms with van der Waals surface area (Å²) in [7, 11) is -2.33. The van der Waals surface area contributed by atoms with Crippen molar-refractivity contribution in [1.29, 1.82) is 0 Å². The largest absolute Gasteiger partial charge is 0.361 e. The predicted molar refractivity (Wildman–Crippen MR) is 88.0 cm³/mol. The van der Waals surface area contributed by atoms with Gasteiger partial charge in [0.2, 0.25) is 0 Å². The van der Waals surface area contributed by atoms with Crippen LogP contribution in [0.4, 0.5) is 0 Å². The monoisotopic (exact) mass is 322 g/mol. The van der Waals surface area contributed by atoms with E-state index in [-0.39, 0.29) is 0 Å². The Hall–Kier alpha value is -1.13. The van der Waals surface area contributed by atoms with E-state index in [0.717, 1.165) is 42.4 Å². The highest BCUT2D eigenvalue weighted by atomic mass is 31.2. The Kier molecular flexibility index (Phi) is 4.69. The van der Waals surface area contributed by atoms with Crippen molar-refractivity contribution in [2.75, 3.05) is 20.2 Å². The van der Waals surface area contributed by atoms with Gasteiger partial charge in [-0.2, -0.15) is 0 Å². The van der Waals surface area contributed by atoms with E-state index in [2.05, 4.69) is 9.88 Å². The van der Waals surface area contributed by atoms with Crippen LogP contribution in [0.2, 0.25) is 0 Å². The standard InChI is InChI=1S/C16H23N2O3P/c1-21-22(19,20)16(18-9-5-2-6-10-18)11-13-12-17-15-8-4-3-7-14(13)15/h3-4,7-8,12,16-17H,2,5-6,9-11H2,1H3,(H,19,20). The maximum absolute atomic E-state index is 12.5. The van der Waals surface area contributed by atoms with Crippen LogP contribution in [0.3, 0.4) is 0 Å². The van der Waals surface area contributed by atoms with Gasteiger partial charge in [0.15, 0.2) is 0 Å². The van der Waals surface area contributed by atoms with Crippen LogP contribution >= 0.6 is 7.60 Å². The van der Waals surface area contributed by atoms with E-state index in [9.17, 15) is 9.46 Å². The lowest BCUT2D eigenvalue weighted by molar-refractivity contribution is 0.173. The summed E-state index contributed by atoms with van der Waals surface area (Å²) >= 11 is 0. The molecule has 0 amide bonds. The minimum Gasteiger partial charge on any atom is -0.361 e. The number of likely N-dealkylation sites (tertiary alicyclic amines) is 1. The molecule has 120 valence electrons. The summed E-state index contributed by atoms with van der Waals surface area (Å²) in [5, 5.41) is 1.11. The number of rotatable bonds is 5. The lowest BCUT2D eigenvalue weighted by Crippen LogP contribution is -2.40. The second kappa shape index (κ2) is 6.55. The van der Waals surface area contributed by atoms with Crippen molar-refractivity contribution in [2.45, 2.75) is 31.5 Å². The number of hydrogen-bond donors (Lipinski definition) is 2. The summed E-state index contributed by atoms with van der Waals surface area (Å²) in [6, 6.07) is 8.04. The number of fused-ring (bicyclic) bond motifs is 1. The summed E-state index contributed by atoms with van der Waals surface area (Å²) in [5.41, 5.74) is 2.12. The van der Waals surface area contributed by atoms with Crippen LogP contribution < -0.4 is 0 Å². The molecule has 1 fully saturated rings. The fourth-order valence-electron chi connectivity index (χ4n) is 3.29. The Bertz CT molecular complexity index is 679. The molecule has 0 spiro atoms. The summed E-state index contributed by atoms with van der Waals surface area (Å²) in [6.07, 6.45) is 5.81. The normalized spacial score (nSPS) is 20.8. The van der Waals surface area contributed by atoms with Gasteiger partial charge in [0, 0.05) is 30.6 Å². The van der Waals surface area contributed by atoms with Crippen LogP contribution in [0.1, 0.15) is 24.8 Å². The van der Waals surface area contributed by atoms with E-state index in [1.54, 1.807) is 0 Å². The SMILES string of the molecule is COP(=O)(O)C(Cc1c[nH]c2ccccc12)N1CCCCC1. The van der Waals surface area contributed by atoms with Crippen LogP contribution in [-0.4, -0.2) is 40.8 Å². The Morgan fingerprint density at radius 3 is 2.77 bits per heavy atom. The molecule has 2 atom stereocenters. The van der Waals surface area contributed by atoms with Crippen molar-refractivity contribution in [3.63, 3.8) is 0 Å². The molecule has 1 saturated heterocycles. The minimum atomic E-state index is -3.66. The van der Waals surface area contributed by atoms with Crippen LogP contribution in [0.5, 0.6) is 0 Å². The van der Waals surface area contributed by atoms with Crippen LogP contribution in [0, 0.1) is 0 Å². The molecule has 1 aromatic carbocycles. The highest BCUT2D eigenvalue weighted by molar-refractivity contribution is 7.53. The highest BCUT2D eigenvalue weighted by Crippen LogP contribution is 2.50. The maximum atomic E-state index is 12.5. The Morgan fingerprint density at radius 2 is 2.05 bits per heavy atom. The molecular weight excluding hydrogens is 299 g/mol. The maximum Gasteiger partial charge on any atom is 0.345 e. The van der Waals surface area contributed by atoms with E-state index in [1.165, 1.54) is 13.5 Å². The van der Waals surface area contributed by atoms with Crippen molar-refractivity contribution < 1.29 is 14.0 Å². The van der Waals surface area contributed by atoms with Gasteiger partial charge < -0.3 is 14.4 Å². The molecule has 5 nitrogen and oxygen atoms in total. The molecule has 0 saturated carbocycles. The van der Waals surface area contributed by atoms with Gasteiger partial charge in [0.05, 0.1) is 0 Å². The molecule has 1 aliphatic rings. The molecule has 6 heteroatoms. The summed E-state index contributed by atoms with van der Waals surface area (Å²) in [5.74, 6) is -0.475. The van der Waals surface area contributed by atoms with Gasteiger partial charge in [-0.3, -0.25) is 9.46 Å². The third-order valence-electron chi connectivity index (χ3n) is 4.53. The number of nitrogens with one attached hydrogen (secondary N) is 1. The Balaban J connectivity index is 1.90. The molecule has 2 heterocycles. The first-order valence-corrected chi connectivity index (χ1v) is 9.44. The number of aromatic nitrogens is 1. The number of para-hydroxylation sites is 1. The van der Waals surface area contributed by atoms with E-state index < -0.39 is 13.4 Å². The molecular formula is C16H23N2O3P. The molecule has 0 bridgehead atoms. The van der Waals surface area contributed by atoms with Crippen LogP contribution in [-0.2, 0) is 15.5 Å². The lowest BCUT2D eigenvalue weighted by Gasteiger charge is -2.35. The topological polar surface area (TPSA) is 65.6 Å². The van der Waals surface area contributed by atoms with E-state index in [4.69, 9.17) is 4.52 Å². The first-order chi connectivity index (χ1) is 10.6. The van der Waals surface area contributed by atoms with Gasteiger partial charge in [0.25, 0.3) is 0 Å². The number of H-pyrrole nitrogens is 1. The van der Waals surface area contributed by atoms with Crippen molar-refractivity contribution in [1.82, 2.24) is 9.88 Å². The quantitative estimate of drug-likeness (QED) is 0.829. The van der Waals surface area contributed by atoms with Crippen molar-refractivity contribution in [3.8, 4) is 0 Å². The van der Waals surface area contributed by atoms with Gasteiger partial charge in [-0.05, 0) is 37.6 Å². The van der Waals surface area contributed by atoms with Crippen molar-refractivity contribution >= 4 is 18.5 Å². The van der Waals surface area contributed by atoms with Crippen LogP contribution in [0.25, 0.3) is 10.9 Å². The van der Waals surface area contributed by atoms with Crippen molar-refractivity contribution in [3.05, 3.63) is 36.0 Å². The second-order valence-corrected chi connectivity index (χ2v) is 7.98. The van der Waals surface area contributed by atoms with E-state index >= 15 is 0 Å². The number of aromatic amines is 1. The number of nitrogens with zero attached hydrogens (tertiary/aromatic N) is 1. The molecule has 1 aliphatic heterocycles. The molecule has 3 rings (SSSR count). The fourth-order valence-corrected chi connectivity index (χ4v) is 4.60. The number of hydrogen-bond acceptors (Lipinski definition) is 3. The molecule has 22 heavy (non-hydrogen) atoms. The average Bonchev–Trinajstić information content (AvgIpc) is 2.96. The molecule has 0 aliphatic carbocycles. The summed E-state index contributed by atoms with van der Waals surface area (Å²) in [6.45, 7) is 1.72. The van der Waals surface area contributed by atoms with Gasteiger partial charge >= 0.3 is 7.60 Å². The predicted octanol–water partition coefficient (Wildman–Crippen LogP) is 3.35. The van der Waals surface area contributed by atoms with Gasteiger partial charge in [-0.25, -0.2) is 0 Å². The number of piperidine rings is 1. The van der Waals surface area contributed by atoms with Gasteiger partial charge in [-0.15, -0.1) is 0 Å². The average molecular weight is 322 g/mol. The Morgan fingerprint density at radius 1 is 1.32 bits per heavy atom. The third-order valence-corrected chi connectivity index (χ3v) is 6.31. The van der Waals surface area contributed by atoms with Gasteiger partial charge in [0.1, 0.15) is 5.78 Å². The fraction of sp³-hybridized carbons (Fsp3) is 0.500. The Labute approximate surface area is 130 Å². The summed E-state index contributed by atoms with van der Waals surface area (Å²) in [4.78, 5) is 15.6. The number of benzene rings is 1. The van der Waals surface area contributed by atoms with Gasteiger partial charge in [-0.1, -0.05) is 24.6 Å². The zero-order valence-electron chi connectivity index (χ0n) is 12.9. The van der Waals surface area contributed by atoms with Crippen molar-refractivity contribution in [2.24, 2.45) is 0 Å². The molecule has 2 unspecified atom stereocenters.